The van der Waals surface area contributed by atoms with Gasteiger partial charge in [-0.25, -0.2) is 0 Å². The highest BCUT2D eigenvalue weighted by molar-refractivity contribution is 7.99. The van der Waals surface area contributed by atoms with E-state index in [9.17, 15) is 9.59 Å². The van der Waals surface area contributed by atoms with Crippen molar-refractivity contribution in [2.24, 2.45) is 0 Å². The fraction of sp³-hybridized carbons (Fsp3) is 0.273. The van der Waals surface area contributed by atoms with Crippen LogP contribution in [0.4, 0.5) is 5.69 Å². The zero-order valence-corrected chi connectivity index (χ0v) is 20.2. The third-order valence-electron chi connectivity index (χ3n) is 4.65. The zero-order valence-electron chi connectivity index (χ0n) is 17.9. The Bertz CT molecular complexity index is 1120. The Kier molecular flexibility index (Phi) is 8.17. The summed E-state index contributed by atoms with van der Waals surface area (Å²) in [5, 5.41) is 15.6. The second-order valence-electron chi connectivity index (χ2n) is 7.11. The molecule has 7 nitrogen and oxygen atoms in total. The zero-order chi connectivity index (χ0) is 23.3. The van der Waals surface area contributed by atoms with E-state index in [0.717, 1.165) is 5.56 Å². The molecule has 0 fully saturated rings. The number of carbonyl (C=O) groups excluding carboxylic acids is 2. The lowest BCUT2D eigenvalue weighted by Crippen LogP contribution is -2.28. The first-order valence-electron chi connectivity index (χ1n) is 9.96. The molecule has 0 spiro atoms. The predicted octanol–water partition coefficient (Wildman–Crippen LogP) is 5.14. The van der Waals surface area contributed by atoms with Crippen molar-refractivity contribution < 1.29 is 9.59 Å². The van der Waals surface area contributed by atoms with E-state index in [1.54, 1.807) is 30.3 Å². The largest absolute Gasteiger partial charge is 0.342 e. The van der Waals surface area contributed by atoms with Crippen LogP contribution in [-0.2, 0) is 11.3 Å². The number of carbonyl (C=O) groups is 2. The summed E-state index contributed by atoms with van der Waals surface area (Å²) in [5.74, 6) is 0.335. The van der Waals surface area contributed by atoms with Crippen LogP contribution in [0.5, 0.6) is 0 Å². The number of benzene rings is 2. The van der Waals surface area contributed by atoms with Gasteiger partial charge >= 0.3 is 0 Å². The molecule has 0 radical (unpaired) electrons. The minimum atomic E-state index is -0.354. The molecule has 0 aliphatic rings. The van der Waals surface area contributed by atoms with Crippen molar-refractivity contribution in [1.82, 2.24) is 20.1 Å². The minimum absolute atomic E-state index is 0.126. The summed E-state index contributed by atoms with van der Waals surface area (Å²) in [7, 11) is 0. The molecular formula is C22H23Cl2N5O2S. The number of hydrogen-bond acceptors (Lipinski definition) is 5. The number of nitrogens with zero attached hydrogens (tertiary/aromatic N) is 3. The van der Waals surface area contributed by atoms with Crippen LogP contribution in [0.3, 0.4) is 0 Å². The standard InChI is InChI=1S/C22H23Cl2N5O2S/c1-4-29-20(14(3)25-21(31)15-7-5-13(2)6-8-15)27-28-22(29)32-12-19(30)26-18-10-9-16(23)11-17(18)24/h5-11,14H,4,12H2,1-3H3,(H,25,31)(H,26,30)/t14-/m1/s1. The molecule has 2 amide bonds. The van der Waals surface area contributed by atoms with Crippen LogP contribution in [0.1, 0.15) is 41.6 Å². The number of anilines is 1. The van der Waals surface area contributed by atoms with Gasteiger partial charge in [-0.15, -0.1) is 10.2 Å². The van der Waals surface area contributed by atoms with Crippen LogP contribution in [0.25, 0.3) is 0 Å². The topological polar surface area (TPSA) is 88.9 Å². The van der Waals surface area contributed by atoms with Gasteiger partial charge in [0.05, 0.1) is 22.5 Å². The van der Waals surface area contributed by atoms with E-state index in [2.05, 4.69) is 20.8 Å². The van der Waals surface area contributed by atoms with Gasteiger partial charge in [-0.2, -0.15) is 0 Å². The van der Waals surface area contributed by atoms with E-state index in [1.807, 2.05) is 37.5 Å². The highest BCUT2D eigenvalue weighted by Gasteiger charge is 2.20. The molecule has 32 heavy (non-hydrogen) atoms. The lowest BCUT2D eigenvalue weighted by atomic mass is 10.1. The molecule has 2 N–H and O–H groups in total. The number of rotatable bonds is 8. The van der Waals surface area contributed by atoms with Crippen molar-refractivity contribution in [1.29, 1.82) is 0 Å². The normalized spacial score (nSPS) is 11.8. The molecule has 1 aromatic heterocycles. The van der Waals surface area contributed by atoms with E-state index in [4.69, 9.17) is 23.2 Å². The maximum Gasteiger partial charge on any atom is 0.251 e. The summed E-state index contributed by atoms with van der Waals surface area (Å²) in [6, 6.07) is 11.9. The maximum absolute atomic E-state index is 12.5. The van der Waals surface area contributed by atoms with E-state index < -0.39 is 0 Å². The molecule has 0 saturated carbocycles. The summed E-state index contributed by atoms with van der Waals surface area (Å²) in [5.41, 5.74) is 2.16. The number of aryl methyl sites for hydroxylation is 1. The Morgan fingerprint density at radius 1 is 1.12 bits per heavy atom. The van der Waals surface area contributed by atoms with Gasteiger partial charge < -0.3 is 15.2 Å². The quantitative estimate of drug-likeness (QED) is 0.426. The van der Waals surface area contributed by atoms with E-state index in [0.29, 0.717) is 38.8 Å². The highest BCUT2D eigenvalue weighted by Crippen LogP contribution is 2.26. The van der Waals surface area contributed by atoms with E-state index >= 15 is 0 Å². The SMILES string of the molecule is CCn1c(SCC(=O)Nc2ccc(Cl)cc2Cl)nnc1[C@@H](C)NC(=O)c1ccc(C)cc1. The maximum atomic E-state index is 12.5. The Labute approximate surface area is 200 Å². The number of thioether (sulfide) groups is 1. The second kappa shape index (κ2) is 10.8. The molecule has 1 atom stereocenters. The van der Waals surface area contributed by atoms with Crippen LogP contribution in [0, 0.1) is 6.92 Å². The lowest BCUT2D eigenvalue weighted by molar-refractivity contribution is -0.113. The Morgan fingerprint density at radius 2 is 1.84 bits per heavy atom. The first kappa shape index (κ1) is 24.1. The van der Waals surface area contributed by atoms with Gasteiger partial charge in [0, 0.05) is 17.1 Å². The van der Waals surface area contributed by atoms with Crippen LogP contribution >= 0.6 is 35.0 Å². The van der Waals surface area contributed by atoms with Gasteiger partial charge in [0.15, 0.2) is 11.0 Å². The van der Waals surface area contributed by atoms with E-state index in [1.165, 1.54) is 11.8 Å². The average Bonchev–Trinajstić information content (AvgIpc) is 3.17. The van der Waals surface area contributed by atoms with Crippen molar-refractivity contribution in [2.45, 2.75) is 38.5 Å². The molecular weight excluding hydrogens is 469 g/mol. The van der Waals surface area contributed by atoms with E-state index in [-0.39, 0.29) is 23.6 Å². The first-order valence-corrected chi connectivity index (χ1v) is 11.7. The molecule has 2 aromatic carbocycles. The number of halogens is 2. The van der Waals surface area contributed by atoms with Crippen molar-refractivity contribution in [3.63, 3.8) is 0 Å². The molecule has 0 aliphatic carbocycles. The van der Waals surface area contributed by atoms with Crippen molar-refractivity contribution >= 4 is 52.5 Å². The monoisotopic (exact) mass is 491 g/mol. The summed E-state index contributed by atoms with van der Waals surface area (Å²) < 4.78 is 1.88. The van der Waals surface area contributed by atoms with Crippen molar-refractivity contribution in [2.75, 3.05) is 11.1 Å². The fourth-order valence-electron chi connectivity index (χ4n) is 2.98. The van der Waals surface area contributed by atoms with Gasteiger partial charge in [-0.3, -0.25) is 9.59 Å². The highest BCUT2D eigenvalue weighted by atomic mass is 35.5. The number of amides is 2. The molecule has 0 unspecified atom stereocenters. The predicted molar refractivity (Wildman–Crippen MR) is 129 cm³/mol. The molecule has 1 heterocycles. The van der Waals surface area contributed by atoms with Crippen molar-refractivity contribution in [3.8, 4) is 0 Å². The third-order valence-corrected chi connectivity index (χ3v) is 6.16. The van der Waals surface area contributed by atoms with Gasteiger partial charge in [-0.1, -0.05) is 52.7 Å². The van der Waals surface area contributed by atoms with Gasteiger partial charge in [0.1, 0.15) is 0 Å². The van der Waals surface area contributed by atoms with Crippen LogP contribution < -0.4 is 10.6 Å². The number of aromatic nitrogens is 3. The Morgan fingerprint density at radius 3 is 2.50 bits per heavy atom. The molecule has 168 valence electrons. The molecule has 0 bridgehead atoms. The molecule has 10 heteroatoms. The smallest absolute Gasteiger partial charge is 0.251 e. The van der Waals surface area contributed by atoms with Crippen molar-refractivity contribution in [3.05, 3.63) is 69.5 Å². The molecule has 0 aliphatic heterocycles. The molecule has 0 saturated heterocycles. The average molecular weight is 492 g/mol. The Balaban J connectivity index is 1.62. The Hall–Kier alpha value is -2.55. The summed E-state index contributed by atoms with van der Waals surface area (Å²) in [6.07, 6.45) is 0. The van der Waals surface area contributed by atoms with Gasteiger partial charge in [0.2, 0.25) is 5.91 Å². The summed E-state index contributed by atoms with van der Waals surface area (Å²) in [4.78, 5) is 24.9. The van der Waals surface area contributed by atoms with Crippen LogP contribution in [-0.4, -0.2) is 32.3 Å². The van der Waals surface area contributed by atoms with Gasteiger partial charge in [-0.05, 0) is 51.1 Å². The second-order valence-corrected chi connectivity index (χ2v) is 8.89. The summed E-state index contributed by atoms with van der Waals surface area (Å²) in [6.45, 7) is 6.38. The lowest BCUT2D eigenvalue weighted by Gasteiger charge is -2.15. The van der Waals surface area contributed by atoms with Gasteiger partial charge in [0.25, 0.3) is 5.91 Å². The first-order chi connectivity index (χ1) is 15.3. The van der Waals surface area contributed by atoms with Crippen LogP contribution in [0.2, 0.25) is 10.0 Å². The molecule has 3 rings (SSSR count). The minimum Gasteiger partial charge on any atom is -0.342 e. The number of nitrogens with one attached hydrogen (secondary N) is 2. The van der Waals surface area contributed by atoms with Crippen LogP contribution in [0.15, 0.2) is 47.6 Å². The number of hydrogen-bond donors (Lipinski definition) is 2. The fourth-order valence-corrected chi connectivity index (χ4v) is 4.25. The summed E-state index contributed by atoms with van der Waals surface area (Å²) >= 11 is 13.2. The third kappa shape index (κ3) is 6.03. The molecule has 3 aromatic rings.